The molecule has 1 aromatic heterocycles. The average Bonchev–Trinajstić information content (AvgIpc) is 3.11. The molecule has 1 saturated heterocycles. The van der Waals surface area contributed by atoms with Crippen molar-refractivity contribution in [2.24, 2.45) is 10.9 Å². The van der Waals surface area contributed by atoms with E-state index in [1.807, 2.05) is 6.92 Å². The number of thiazole rings is 1. The number of hydrogen-bond acceptors (Lipinski definition) is 4. The fourth-order valence-corrected chi connectivity index (χ4v) is 4.47. The molecule has 2 rings (SSSR count). The van der Waals surface area contributed by atoms with Crippen molar-refractivity contribution in [3.8, 4) is 0 Å². The zero-order chi connectivity index (χ0) is 22.2. The number of piperidine rings is 1. The molecule has 2 N–H and O–H groups in total. The third-order valence-corrected chi connectivity index (χ3v) is 6.12. The molecule has 1 aliphatic heterocycles. The lowest BCUT2D eigenvalue weighted by Gasteiger charge is -2.32. The smallest absolute Gasteiger partial charge is 0.357 e. The van der Waals surface area contributed by atoms with Crippen molar-refractivity contribution in [1.82, 2.24) is 20.5 Å². The van der Waals surface area contributed by atoms with Gasteiger partial charge in [-0.05, 0) is 45.2 Å². The zero-order valence-corrected chi connectivity index (χ0v) is 19.4. The molecule has 0 bridgehead atoms. The number of alkyl halides is 3. The first-order chi connectivity index (χ1) is 14.1. The van der Waals surface area contributed by atoms with Gasteiger partial charge >= 0.3 is 6.18 Å². The Hall–Kier alpha value is -1.35. The second kappa shape index (κ2) is 11.3. The van der Waals surface area contributed by atoms with Crippen LogP contribution in [0.25, 0.3) is 0 Å². The van der Waals surface area contributed by atoms with E-state index >= 15 is 0 Å². The van der Waals surface area contributed by atoms with Crippen molar-refractivity contribution >= 4 is 17.3 Å². The molecule has 1 aliphatic rings. The minimum atomic E-state index is -4.10. The number of aliphatic imine (C=N–C) groups is 1. The van der Waals surface area contributed by atoms with Crippen molar-refractivity contribution in [2.75, 3.05) is 39.3 Å². The second-order valence-electron chi connectivity index (χ2n) is 8.94. The predicted molar refractivity (Wildman–Crippen MR) is 118 cm³/mol. The Morgan fingerprint density at radius 3 is 2.50 bits per heavy atom. The number of guanidine groups is 1. The molecule has 172 valence electrons. The van der Waals surface area contributed by atoms with Gasteiger partial charge < -0.3 is 10.6 Å². The van der Waals surface area contributed by atoms with E-state index in [9.17, 15) is 13.2 Å². The number of nitrogens with zero attached hydrogens (tertiary/aromatic N) is 3. The first kappa shape index (κ1) is 24.9. The molecule has 0 aliphatic carbocycles. The molecule has 0 spiro atoms. The van der Waals surface area contributed by atoms with Gasteiger partial charge in [-0.1, -0.05) is 20.8 Å². The second-order valence-corrected chi connectivity index (χ2v) is 9.88. The number of likely N-dealkylation sites (tertiary alicyclic amines) is 1. The van der Waals surface area contributed by atoms with Gasteiger partial charge in [-0.15, -0.1) is 11.3 Å². The Kier molecular flexibility index (Phi) is 9.40. The highest BCUT2D eigenvalue weighted by molar-refractivity contribution is 7.09. The first-order valence-corrected chi connectivity index (χ1v) is 11.7. The molecule has 2 heterocycles. The topological polar surface area (TPSA) is 52.6 Å². The van der Waals surface area contributed by atoms with Gasteiger partial charge in [0.1, 0.15) is 0 Å². The van der Waals surface area contributed by atoms with E-state index in [-0.39, 0.29) is 5.41 Å². The zero-order valence-electron chi connectivity index (χ0n) is 18.6. The van der Waals surface area contributed by atoms with Gasteiger partial charge in [0.2, 0.25) is 0 Å². The van der Waals surface area contributed by atoms with E-state index in [1.165, 1.54) is 4.90 Å². The molecule has 0 amide bonds. The summed E-state index contributed by atoms with van der Waals surface area (Å²) >= 11 is 1.70. The van der Waals surface area contributed by atoms with Crippen LogP contribution in [0.15, 0.2) is 10.4 Å². The van der Waals surface area contributed by atoms with Gasteiger partial charge in [0.05, 0.1) is 17.2 Å². The minimum absolute atomic E-state index is 0.0709. The standard InChI is InChI=1S/C21H36F3N5S/c1-5-25-19(27-11-7-18-28-17(14-30-18)20(2,3)4)26-10-6-16-8-12-29(13-9-16)15-21(22,23)24/h14,16H,5-13,15H2,1-4H3,(H2,25,26,27). The summed E-state index contributed by atoms with van der Waals surface area (Å²) in [6.07, 6.45) is -0.706. The average molecular weight is 448 g/mol. The van der Waals surface area contributed by atoms with Crippen LogP contribution in [0, 0.1) is 5.92 Å². The van der Waals surface area contributed by atoms with Crippen LogP contribution in [0.5, 0.6) is 0 Å². The van der Waals surface area contributed by atoms with Gasteiger partial charge in [0.15, 0.2) is 5.96 Å². The Bertz CT molecular complexity index is 658. The molecule has 0 atom stereocenters. The number of nitrogens with one attached hydrogen (secondary N) is 2. The normalized spacial score (nSPS) is 17.4. The summed E-state index contributed by atoms with van der Waals surface area (Å²) in [6, 6.07) is 0. The number of rotatable bonds is 8. The Morgan fingerprint density at radius 2 is 1.93 bits per heavy atom. The van der Waals surface area contributed by atoms with Gasteiger partial charge in [0, 0.05) is 36.9 Å². The van der Waals surface area contributed by atoms with E-state index < -0.39 is 12.7 Å². The molecule has 5 nitrogen and oxygen atoms in total. The van der Waals surface area contributed by atoms with Crippen LogP contribution >= 0.6 is 11.3 Å². The molecule has 1 fully saturated rings. The number of aromatic nitrogens is 1. The summed E-state index contributed by atoms with van der Waals surface area (Å²) in [4.78, 5) is 10.9. The molecular formula is C21H36F3N5S. The van der Waals surface area contributed by atoms with E-state index in [2.05, 4.69) is 41.8 Å². The van der Waals surface area contributed by atoms with E-state index in [0.29, 0.717) is 25.6 Å². The van der Waals surface area contributed by atoms with Crippen LogP contribution in [-0.4, -0.2) is 61.3 Å². The van der Waals surface area contributed by atoms with Crippen LogP contribution in [0.3, 0.4) is 0 Å². The van der Waals surface area contributed by atoms with Crippen LogP contribution in [-0.2, 0) is 11.8 Å². The highest BCUT2D eigenvalue weighted by Gasteiger charge is 2.32. The van der Waals surface area contributed by atoms with Crippen molar-refractivity contribution in [1.29, 1.82) is 0 Å². The molecular weight excluding hydrogens is 411 g/mol. The van der Waals surface area contributed by atoms with Crippen LogP contribution < -0.4 is 10.6 Å². The molecule has 9 heteroatoms. The fraction of sp³-hybridized carbons (Fsp3) is 0.810. The van der Waals surface area contributed by atoms with Crippen LogP contribution in [0.2, 0.25) is 0 Å². The van der Waals surface area contributed by atoms with Gasteiger partial charge in [-0.25, -0.2) is 4.98 Å². The van der Waals surface area contributed by atoms with Crippen molar-refractivity contribution < 1.29 is 13.2 Å². The molecule has 30 heavy (non-hydrogen) atoms. The summed E-state index contributed by atoms with van der Waals surface area (Å²) in [7, 11) is 0. The summed E-state index contributed by atoms with van der Waals surface area (Å²) in [5.41, 5.74) is 1.20. The van der Waals surface area contributed by atoms with Crippen LogP contribution in [0.4, 0.5) is 13.2 Å². The lowest BCUT2D eigenvalue weighted by Crippen LogP contribution is -2.40. The first-order valence-electron chi connectivity index (χ1n) is 10.8. The largest absolute Gasteiger partial charge is 0.401 e. The lowest BCUT2D eigenvalue weighted by molar-refractivity contribution is -0.148. The van der Waals surface area contributed by atoms with E-state index in [1.54, 1.807) is 11.3 Å². The summed E-state index contributed by atoms with van der Waals surface area (Å²) in [5, 5.41) is 9.87. The van der Waals surface area contributed by atoms with Crippen LogP contribution in [0.1, 0.15) is 57.7 Å². The monoisotopic (exact) mass is 447 g/mol. The maximum Gasteiger partial charge on any atom is 0.401 e. The van der Waals surface area contributed by atoms with Crippen molar-refractivity contribution in [2.45, 2.75) is 65.0 Å². The number of halogens is 3. The summed E-state index contributed by atoms with van der Waals surface area (Å²) in [6.45, 7) is 11.0. The molecule has 0 radical (unpaired) electrons. The highest BCUT2D eigenvalue weighted by Crippen LogP contribution is 2.25. The van der Waals surface area contributed by atoms with Gasteiger partial charge in [-0.2, -0.15) is 13.2 Å². The van der Waals surface area contributed by atoms with Gasteiger partial charge in [-0.3, -0.25) is 9.89 Å². The Balaban J connectivity index is 1.71. The molecule has 0 unspecified atom stereocenters. The lowest BCUT2D eigenvalue weighted by atomic mass is 9.93. The maximum atomic E-state index is 12.5. The third-order valence-electron chi connectivity index (χ3n) is 5.21. The molecule has 0 aromatic carbocycles. The van der Waals surface area contributed by atoms with Gasteiger partial charge in [0.25, 0.3) is 0 Å². The maximum absolute atomic E-state index is 12.5. The Morgan fingerprint density at radius 1 is 1.23 bits per heavy atom. The predicted octanol–water partition coefficient (Wildman–Crippen LogP) is 4.20. The molecule has 0 saturated carbocycles. The molecule has 1 aromatic rings. The van der Waals surface area contributed by atoms with E-state index in [4.69, 9.17) is 4.98 Å². The number of hydrogen-bond donors (Lipinski definition) is 2. The third kappa shape index (κ3) is 9.20. The van der Waals surface area contributed by atoms with E-state index in [0.717, 1.165) is 55.4 Å². The quantitative estimate of drug-likeness (QED) is 0.463. The van der Waals surface area contributed by atoms with Crippen molar-refractivity contribution in [3.05, 3.63) is 16.1 Å². The Labute approximate surface area is 182 Å². The summed E-state index contributed by atoms with van der Waals surface area (Å²) < 4.78 is 37.5. The SMILES string of the molecule is CCNC(=NCCC1CCN(CC(F)(F)F)CC1)NCCc1nc(C(C)(C)C)cs1. The van der Waals surface area contributed by atoms with Crippen molar-refractivity contribution in [3.63, 3.8) is 0 Å². The minimum Gasteiger partial charge on any atom is -0.357 e. The summed E-state index contributed by atoms with van der Waals surface area (Å²) in [5.74, 6) is 1.24. The highest BCUT2D eigenvalue weighted by atomic mass is 32.1. The fourth-order valence-electron chi connectivity index (χ4n) is 3.45.